The standard InChI is InChI=1S/C48H53N3S/c1-2-10-33-27-34(22-19-30(33)9-1)31-17-20-32(21-18-31)47-40-13-3-6-14-42(40)49-48(50-47)51-43-15-7-4-11-37(43)38-25-23-36(29-44(38)51)35-24-26-46-41(28-35)39-12-5-8-16-45(39)52-46/h1,3-4,6,9,11,17-27,35-36,38,40-42,44,46-50H,2,5,7-8,10,12-16,28-29H2/t35?,36?,38?,40?,41?,42?,44?,46?,47-,48?/m1/s1. The number of hydrogen-bond donors (Lipinski definition) is 2. The lowest BCUT2D eigenvalue weighted by Gasteiger charge is -2.51. The summed E-state index contributed by atoms with van der Waals surface area (Å²) in [5.41, 5.74) is 12.0. The number of hydrogen-bond acceptors (Lipinski definition) is 4. The molecule has 0 amide bonds. The molecule has 4 heteroatoms. The zero-order valence-corrected chi connectivity index (χ0v) is 31.2. The molecule has 0 saturated carbocycles. The van der Waals surface area contributed by atoms with Gasteiger partial charge in [-0.2, -0.15) is 0 Å². The van der Waals surface area contributed by atoms with Crippen LogP contribution >= 0.6 is 11.8 Å². The number of fused-ring (bicyclic) bond motifs is 6. The fraction of sp³-hybridized carbons (Fsp3) is 0.458. The quantitative estimate of drug-likeness (QED) is 0.310. The van der Waals surface area contributed by atoms with Gasteiger partial charge in [0.2, 0.25) is 0 Å². The van der Waals surface area contributed by atoms with Crippen LogP contribution in [0, 0.1) is 29.6 Å². The summed E-state index contributed by atoms with van der Waals surface area (Å²) in [5.74, 6) is 3.09. The van der Waals surface area contributed by atoms with Crippen LogP contribution in [0.1, 0.15) is 93.4 Å². The molecule has 0 radical (unpaired) electrons. The van der Waals surface area contributed by atoms with Gasteiger partial charge >= 0.3 is 0 Å². The molecule has 0 bridgehead atoms. The number of benzene rings is 2. The van der Waals surface area contributed by atoms with Crippen LogP contribution in [0.15, 0.2) is 119 Å². The highest BCUT2D eigenvalue weighted by atomic mass is 32.2. The van der Waals surface area contributed by atoms with Crippen molar-refractivity contribution in [1.82, 2.24) is 15.5 Å². The maximum Gasteiger partial charge on any atom is 0.135 e. The normalized spacial score (nSPS) is 37.0. The van der Waals surface area contributed by atoms with E-state index >= 15 is 0 Å². The Balaban J connectivity index is 0.877. The van der Waals surface area contributed by atoms with E-state index in [2.05, 4.69) is 131 Å². The Morgan fingerprint density at radius 1 is 0.712 bits per heavy atom. The average molecular weight is 704 g/mol. The second-order valence-corrected chi connectivity index (χ2v) is 18.4. The third-order valence-corrected chi connectivity index (χ3v) is 15.9. The van der Waals surface area contributed by atoms with E-state index in [0.717, 1.165) is 44.4 Å². The summed E-state index contributed by atoms with van der Waals surface area (Å²) in [6.07, 6.45) is 40.0. The summed E-state index contributed by atoms with van der Waals surface area (Å²) in [5, 5.41) is 9.24. The highest BCUT2D eigenvalue weighted by Crippen LogP contribution is 2.55. The van der Waals surface area contributed by atoms with Crippen molar-refractivity contribution in [3.8, 4) is 11.1 Å². The van der Waals surface area contributed by atoms with Crippen LogP contribution in [0.5, 0.6) is 0 Å². The molecule has 9 unspecified atom stereocenters. The second-order valence-electron chi connectivity index (χ2n) is 17.2. The van der Waals surface area contributed by atoms with Crippen molar-refractivity contribution in [2.24, 2.45) is 29.6 Å². The lowest BCUT2D eigenvalue weighted by molar-refractivity contribution is 0.0327. The van der Waals surface area contributed by atoms with Crippen molar-refractivity contribution in [2.45, 2.75) is 107 Å². The Morgan fingerprint density at radius 2 is 1.54 bits per heavy atom. The van der Waals surface area contributed by atoms with Crippen LogP contribution in [0.25, 0.3) is 17.2 Å². The summed E-state index contributed by atoms with van der Waals surface area (Å²) in [7, 11) is 0. The first kappa shape index (κ1) is 32.1. The summed E-state index contributed by atoms with van der Waals surface area (Å²) >= 11 is 2.22. The van der Waals surface area contributed by atoms with E-state index in [1.807, 2.05) is 5.57 Å². The maximum atomic E-state index is 4.30. The van der Waals surface area contributed by atoms with Crippen molar-refractivity contribution in [1.29, 1.82) is 0 Å². The summed E-state index contributed by atoms with van der Waals surface area (Å²) in [4.78, 5) is 4.64. The minimum absolute atomic E-state index is 0.136. The molecular weight excluding hydrogens is 651 g/mol. The maximum absolute atomic E-state index is 4.30. The minimum atomic E-state index is 0.136. The van der Waals surface area contributed by atoms with E-state index in [0.29, 0.717) is 47.0 Å². The van der Waals surface area contributed by atoms with Crippen LogP contribution in [0.3, 0.4) is 0 Å². The lowest BCUT2D eigenvalue weighted by Crippen LogP contribution is -2.67. The van der Waals surface area contributed by atoms with Gasteiger partial charge in [0.05, 0.1) is 0 Å². The molecule has 52 heavy (non-hydrogen) atoms. The zero-order valence-electron chi connectivity index (χ0n) is 30.4. The van der Waals surface area contributed by atoms with E-state index < -0.39 is 0 Å². The molecule has 6 aliphatic carbocycles. The van der Waals surface area contributed by atoms with Gasteiger partial charge in [-0.1, -0.05) is 109 Å². The number of nitrogens with one attached hydrogen (secondary N) is 2. The van der Waals surface area contributed by atoms with Gasteiger partial charge in [0, 0.05) is 35.0 Å². The largest absolute Gasteiger partial charge is 0.343 e. The molecule has 266 valence electrons. The summed E-state index contributed by atoms with van der Waals surface area (Å²) in [6, 6.07) is 18.0. The minimum Gasteiger partial charge on any atom is -0.343 e. The van der Waals surface area contributed by atoms with Crippen molar-refractivity contribution in [3.63, 3.8) is 0 Å². The van der Waals surface area contributed by atoms with Crippen molar-refractivity contribution in [3.05, 3.63) is 136 Å². The zero-order chi connectivity index (χ0) is 34.2. The molecule has 2 aromatic carbocycles. The van der Waals surface area contributed by atoms with Crippen LogP contribution < -0.4 is 10.6 Å². The molecule has 0 aromatic heterocycles. The van der Waals surface area contributed by atoms with Gasteiger partial charge in [0.15, 0.2) is 0 Å². The van der Waals surface area contributed by atoms with Gasteiger partial charge in [0.25, 0.3) is 0 Å². The Morgan fingerprint density at radius 3 is 2.50 bits per heavy atom. The molecule has 3 heterocycles. The Hall–Kier alpha value is -3.31. The van der Waals surface area contributed by atoms with Gasteiger partial charge in [-0.3, -0.25) is 10.6 Å². The first-order chi connectivity index (χ1) is 25.7. The summed E-state index contributed by atoms with van der Waals surface area (Å²) < 4.78 is 0. The third kappa shape index (κ3) is 5.45. The fourth-order valence-electron chi connectivity index (χ4n) is 11.8. The topological polar surface area (TPSA) is 27.3 Å². The van der Waals surface area contributed by atoms with Gasteiger partial charge in [-0.05, 0) is 139 Å². The van der Waals surface area contributed by atoms with Crippen molar-refractivity contribution < 1.29 is 0 Å². The SMILES string of the molecule is C1=CC2=C(CC1)N(C1NC3CC=CCC3[C@@H](c3ccc(-c4ccc5c(c4)CCC=C5)cc3)N1)C1CC(C3C=CC4SC5=C(CCCC5)C4C3)C=CC21. The molecule has 9 aliphatic rings. The first-order valence-electron chi connectivity index (χ1n) is 20.8. The predicted octanol–water partition coefficient (Wildman–Crippen LogP) is 10.8. The number of aryl methyl sites for hydroxylation is 1. The predicted molar refractivity (Wildman–Crippen MR) is 217 cm³/mol. The van der Waals surface area contributed by atoms with Gasteiger partial charge < -0.3 is 4.90 Å². The number of rotatable bonds is 4. The van der Waals surface area contributed by atoms with Gasteiger partial charge in [-0.25, -0.2) is 0 Å². The molecule has 3 nitrogen and oxygen atoms in total. The average Bonchev–Trinajstić information content (AvgIpc) is 3.75. The fourth-order valence-corrected chi connectivity index (χ4v) is 13.4. The van der Waals surface area contributed by atoms with E-state index in [-0.39, 0.29) is 6.29 Å². The molecule has 0 spiro atoms. The molecule has 2 N–H and O–H groups in total. The monoisotopic (exact) mass is 703 g/mol. The molecule has 3 aliphatic heterocycles. The molecule has 2 aromatic rings. The van der Waals surface area contributed by atoms with E-state index in [9.17, 15) is 0 Å². The van der Waals surface area contributed by atoms with Crippen LogP contribution in [0.2, 0.25) is 0 Å². The molecular formula is C48H53N3S. The Labute approximate surface area is 315 Å². The molecule has 1 fully saturated rings. The number of thioether (sulfide) groups is 1. The third-order valence-electron chi connectivity index (χ3n) is 14.4. The highest BCUT2D eigenvalue weighted by molar-refractivity contribution is 8.04. The first-order valence-corrected chi connectivity index (χ1v) is 21.6. The van der Waals surface area contributed by atoms with Crippen molar-refractivity contribution >= 4 is 17.8 Å². The number of allylic oxidation sites excluding steroid dienone is 9. The second kappa shape index (κ2) is 13.2. The molecule has 11 rings (SSSR count). The van der Waals surface area contributed by atoms with Crippen molar-refractivity contribution in [2.75, 3.05) is 0 Å². The smallest absolute Gasteiger partial charge is 0.135 e. The van der Waals surface area contributed by atoms with Crippen LogP contribution in [-0.2, 0) is 6.42 Å². The number of nitrogens with zero attached hydrogens (tertiary/aromatic N) is 1. The Kier molecular flexibility index (Phi) is 8.17. The Bertz CT molecular complexity index is 1960. The van der Waals surface area contributed by atoms with E-state index in [4.69, 9.17) is 0 Å². The van der Waals surface area contributed by atoms with Crippen LogP contribution in [-0.4, -0.2) is 28.5 Å². The highest BCUT2D eigenvalue weighted by Gasteiger charge is 2.49. The van der Waals surface area contributed by atoms with E-state index in [1.165, 1.54) is 66.3 Å². The molecule has 1 saturated heterocycles. The molecule has 10 atom stereocenters. The van der Waals surface area contributed by atoms with E-state index in [1.54, 1.807) is 16.2 Å². The van der Waals surface area contributed by atoms with Gasteiger partial charge in [-0.15, -0.1) is 11.8 Å². The van der Waals surface area contributed by atoms with Crippen LogP contribution in [0.4, 0.5) is 0 Å². The summed E-state index contributed by atoms with van der Waals surface area (Å²) in [6.45, 7) is 0. The lowest BCUT2D eigenvalue weighted by atomic mass is 9.70. The van der Waals surface area contributed by atoms with Gasteiger partial charge in [0.1, 0.15) is 6.29 Å².